The number of alkyl halides is 2. The smallest absolute Gasteiger partial charge is 0.409 e. The minimum absolute atomic E-state index is 0.127. The molecule has 4 N–H and O–H groups in total. The quantitative estimate of drug-likeness (QED) is 0.204. The number of benzene rings is 3. The van der Waals surface area contributed by atoms with E-state index in [0.717, 1.165) is 5.56 Å². The Morgan fingerprint density at radius 2 is 1.57 bits per heavy atom. The van der Waals surface area contributed by atoms with Crippen LogP contribution in [0, 0.1) is 12.8 Å². The highest BCUT2D eigenvalue weighted by atomic mass is 79.9. The van der Waals surface area contributed by atoms with Gasteiger partial charge >= 0.3 is 6.09 Å². The third-order valence-corrected chi connectivity index (χ3v) is 8.35. The van der Waals surface area contributed by atoms with E-state index >= 15 is 0 Å². The van der Waals surface area contributed by atoms with Gasteiger partial charge in [-0.15, -0.1) is 23.2 Å². The van der Waals surface area contributed by atoms with Crippen molar-refractivity contribution in [3.63, 3.8) is 0 Å². The number of halogens is 5. The predicted octanol–water partition coefficient (Wildman–Crippen LogP) is 7.93. The van der Waals surface area contributed by atoms with E-state index in [-0.39, 0.29) is 10.6 Å². The highest BCUT2D eigenvalue weighted by Crippen LogP contribution is 2.65. The molecule has 2 unspecified atom stereocenters. The first-order valence-corrected chi connectivity index (χ1v) is 13.0. The van der Waals surface area contributed by atoms with Gasteiger partial charge in [-0.2, -0.15) is 0 Å². The van der Waals surface area contributed by atoms with E-state index in [1.54, 1.807) is 43.3 Å². The number of amides is 3. The zero-order valence-corrected chi connectivity index (χ0v) is 23.5. The van der Waals surface area contributed by atoms with Crippen LogP contribution < -0.4 is 16.0 Å². The van der Waals surface area contributed by atoms with Crippen LogP contribution in [0.5, 0.6) is 0 Å². The Labute approximate surface area is 240 Å². The Kier molecular flexibility index (Phi) is 7.97. The molecule has 1 aliphatic carbocycles. The third kappa shape index (κ3) is 5.99. The molecule has 0 spiro atoms. The minimum Gasteiger partial charge on any atom is -0.465 e. The van der Waals surface area contributed by atoms with E-state index in [1.165, 1.54) is 18.2 Å². The van der Waals surface area contributed by atoms with Gasteiger partial charge in [0.15, 0.2) is 0 Å². The first-order valence-electron chi connectivity index (χ1n) is 10.7. The Morgan fingerprint density at radius 1 is 0.892 bits per heavy atom. The molecule has 192 valence electrons. The van der Waals surface area contributed by atoms with Gasteiger partial charge in [-0.05, 0) is 82.5 Å². The largest absolute Gasteiger partial charge is 0.465 e. The fraction of sp³-hybridized carbons (Fsp3) is 0.160. The van der Waals surface area contributed by atoms with Crippen LogP contribution in [0.15, 0.2) is 59.1 Å². The molecule has 3 aromatic carbocycles. The van der Waals surface area contributed by atoms with Gasteiger partial charge in [0.25, 0.3) is 5.91 Å². The Bertz CT molecular complexity index is 1430. The lowest BCUT2D eigenvalue weighted by atomic mass is 10.1. The number of nitrogens with one attached hydrogen (secondary N) is 3. The molecule has 7 nitrogen and oxygen atoms in total. The molecule has 0 bridgehead atoms. The second-order valence-corrected chi connectivity index (χ2v) is 11.5. The Balaban J connectivity index is 1.48. The monoisotopic (exact) mass is 643 g/mol. The summed E-state index contributed by atoms with van der Waals surface area (Å²) in [5, 5.41) is 17.3. The molecule has 1 saturated carbocycles. The molecular weight excluding hydrogens is 628 g/mol. The van der Waals surface area contributed by atoms with Crippen molar-refractivity contribution in [3.8, 4) is 0 Å². The van der Waals surface area contributed by atoms with Crippen molar-refractivity contribution in [1.82, 2.24) is 0 Å². The summed E-state index contributed by atoms with van der Waals surface area (Å²) < 4.78 is -0.600. The summed E-state index contributed by atoms with van der Waals surface area (Å²) in [6, 6.07) is 14.4. The predicted molar refractivity (Wildman–Crippen MR) is 151 cm³/mol. The average molecular weight is 646 g/mol. The SMILES string of the molecule is Cc1cc(NC(=O)O)ccc1NC(=O)c1cc(NC(=O)C2C(c3ccc(Br)c(Cl)c3)C2(Cl)Cl)ccc1Cl. The van der Waals surface area contributed by atoms with E-state index in [0.29, 0.717) is 32.1 Å². The van der Waals surface area contributed by atoms with Crippen LogP contribution in [0.1, 0.15) is 27.4 Å². The number of hydrogen-bond donors (Lipinski definition) is 4. The molecule has 4 rings (SSSR count). The maximum Gasteiger partial charge on any atom is 0.409 e. The van der Waals surface area contributed by atoms with Gasteiger partial charge < -0.3 is 15.7 Å². The van der Waals surface area contributed by atoms with Crippen LogP contribution in [-0.4, -0.2) is 27.3 Å². The second-order valence-electron chi connectivity index (χ2n) is 8.40. The molecule has 0 aliphatic heterocycles. The minimum atomic E-state index is -1.31. The van der Waals surface area contributed by atoms with Crippen molar-refractivity contribution in [2.75, 3.05) is 16.0 Å². The number of aryl methyl sites for hydroxylation is 1. The molecular formula is C25H18BrCl4N3O4. The van der Waals surface area contributed by atoms with E-state index in [1.807, 2.05) is 0 Å². The van der Waals surface area contributed by atoms with Gasteiger partial charge in [0.1, 0.15) is 4.33 Å². The fourth-order valence-electron chi connectivity index (χ4n) is 3.97. The zero-order valence-electron chi connectivity index (χ0n) is 18.9. The zero-order chi connectivity index (χ0) is 27.1. The van der Waals surface area contributed by atoms with Crippen molar-refractivity contribution in [2.24, 2.45) is 5.92 Å². The van der Waals surface area contributed by atoms with Gasteiger partial charge in [-0.25, -0.2) is 4.79 Å². The van der Waals surface area contributed by atoms with Crippen LogP contribution >= 0.6 is 62.3 Å². The van der Waals surface area contributed by atoms with Crippen LogP contribution in [-0.2, 0) is 4.79 Å². The standard InChI is InChI=1S/C25H18BrCl4N3O4/c1-11-8-13(32-24(36)37)4-7-19(11)33-22(34)15-10-14(3-6-17(15)27)31-23(35)21-20(25(21,29)30)12-2-5-16(26)18(28)9-12/h2-10,20-21,32H,1H3,(H,31,35)(H,33,34)(H,36,37). The van der Waals surface area contributed by atoms with Gasteiger partial charge in [-0.3, -0.25) is 14.9 Å². The molecule has 12 heteroatoms. The van der Waals surface area contributed by atoms with Gasteiger partial charge in [0.2, 0.25) is 5.91 Å². The molecule has 0 aromatic heterocycles. The van der Waals surface area contributed by atoms with Gasteiger partial charge in [-0.1, -0.05) is 29.3 Å². The third-order valence-electron chi connectivity index (χ3n) is 5.84. The molecule has 3 aromatic rings. The molecule has 0 radical (unpaired) electrons. The molecule has 1 fully saturated rings. The van der Waals surface area contributed by atoms with Crippen LogP contribution in [0.4, 0.5) is 21.9 Å². The van der Waals surface area contributed by atoms with Crippen molar-refractivity contribution >= 4 is 97.3 Å². The van der Waals surface area contributed by atoms with Gasteiger partial charge in [0, 0.05) is 27.5 Å². The number of hydrogen-bond acceptors (Lipinski definition) is 3. The van der Waals surface area contributed by atoms with E-state index in [2.05, 4.69) is 31.9 Å². The summed E-state index contributed by atoms with van der Waals surface area (Å²) in [6.07, 6.45) is -1.19. The Hall–Kier alpha value is -2.49. The van der Waals surface area contributed by atoms with E-state index in [4.69, 9.17) is 51.5 Å². The summed E-state index contributed by atoms with van der Waals surface area (Å²) in [7, 11) is 0. The first-order chi connectivity index (χ1) is 17.4. The van der Waals surface area contributed by atoms with Crippen molar-refractivity contribution in [3.05, 3.63) is 85.8 Å². The highest BCUT2D eigenvalue weighted by molar-refractivity contribution is 9.10. The lowest BCUT2D eigenvalue weighted by molar-refractivity contribution is -0.117. The van der Waals surface area contributed by atoms with Crippen LogP contribution in [0.2, 0.25) is 10.0 Å². The molecule has 0 saturated heterocycles. The van der Waals surface area contributed by atoms with Crippen molar-refractivity contribution < 1.29 is 19.5 Å². The van der Waals surface area contributed by atoms with Gasteiger partial charge in [0.05, 0.1) is 21.5 Å². The average Bonchev–Trinajstić information content (AvgIpc) is 3.40. The van der Waals surface area contributed by atoms with E-state index in [9.17, 15) is 14.4 Å². The number of carbonyl (C=O) groups excluding carboxylic acids is 2. The van der Waals surface area contributed by atoms with Crippen LogP contribution in [0.3, 0.4) is 0 Å². The molecule has 2 atom stereocenters. The normalized spacial score (nSPS) is 17.6. The topological polar surface area (TPSA) is 108 Å². The number of carbonyl (C=O) groups is 3. The molecule has 1 aliphatic rings. The molecule has 0 heterocycles. The summed E-state index contributed by atoms with van der Waals surface area (Å²) in [4.78, 5) is 36.8. The number of carboxylic acid groups (broad SMARTS) is 1. The van der Waals surface area contributed by atoms with Crippen molar-refractivity contribution in [1.29, 1.82) is 0 Å². The van der Waals surface area contributed by atoms with Crippen molar-refractivity contribution in [2.45, 2.75) is 17.2 Å². The number of anilines is 3. The Morgan fingerprint density at radius 3 is 2.22 bits per heavy atom. The molecule has 37 heavy (non-hydrogen) atoms. The summed E-state index contributed by atoms with van der Waals surface area (Å²) in [5.74, 6) is -2.12. The summed E-state index contributed by atoms with van der Waals surface area (Å²) in [5.41, 5.74) is 2.66. The molecule has 3 amide bonds. The lowest BCUT2D eigenvalue weighted by Crippen LogP contribution is -2.18. The van der Waals surface area contributed by atoms with Crippen LogP contribution in [0.25, 0.3) is 0 Å². The number of rotatable bonds is 6. The summed E-state index contributed by atoms with van der Waals surface area (Å²) in [6.45, 7) is 1.72. The second kappa shape index (κ2) is 10.7. The lowest BCUT2D eigenvalue weighted by Gasteiger charge is -2.12. The maximum atomic E-state index is 13.0. The maximum absolute atomic E-state index is 13.0. The van der Waals surface area contributed by atoms with E-state index < -0.39 is 34.1 Å². The highest BCUT2D eigenvalue weighted by Gasteiger charge is 2.67. The fourth-order valence-corrected chi connectivity index (χ4v) is 5.43. The first kappa shape index (κ1) is 27.5. The summed E-state index contributed by atoms with van der Waals surface area (Å²) >= 11 is 28.7.